The zero-order chi connectivity index (χ0) is 11.6. The average Bonchev–Trinajstić information content (AvgIpc) is 2.26. The van der Waals surface area contributed by atoms with Crippen LogP contribution in [-0.4, -0.2) is 0 Å². The molecular weight excluding hydrogens is 168 g/mol. The second-order valence-electron chi connectivity index (χ2n) is 3.08. The molecule has 0 fully saturated rings. The monoisotopic (exact) mass is 194 g/mol. The molecule has 0 amide bonds. The van der Waals surface area contributed by atoms with E-state index in [9.17, 15) is 0 Å². The molecule has 0 aromatic heterocycles. The summed E-state index contributed by atoms with van der Waals surface area (Å²) in [7, 11) is 0. The number of allylic oxidation sites excluding steroid dienone is 5. The summed E-state index contributed by atoms with van der Waals surface area (Å²) in [6, 6.07) is 0. The lowest BCUT2D eigenvalue weighted by atomic mass is 9.98. The van der Waals surface area contributed by atoms with Crippen molar-refractivity contribution in [2.24, 2.45) is 0 Å². The van der Waals surface area contributed by atoms with Crippen molar-refractivity contribution in [3.8, 4) is 0 Å². The lowest BCUT2D eigenvalue weighted by Crippen LogP contribution is -1.88. The van der Waals surface area contributed by atoms with Crippen LogP contribution in [0, 0.1) is 0 Å². The third-order valence-corrected chi connectivity index (χ3v) is 2.25. The highest BCUT2D eigenvalue weighted by molar-refractivity contribution is 5.36. The van der Waals surface area contributed by atoms with E-state index in [0.29, 0.717) is 0 Å². The highest BCUT2D eigenvalue weighted by Gasteiger charge is 1.99. The molecule has 0 unspecified atom stereocenters. The minimum Gasteiger partial charge on any atom is -0.0988 e. The maximum atomic E-state index is 3.77. The lowest BCUT2D eigenvalue weighted by molar-refractivity contribution is 0.906. The van der Waals surface area contributed by atoms with E-state index in [1.165, 1.54) is 29.6 Å². The number of hydrogen-bond donors (Lipinski definition) is 0. The van der Waals surface area contributed by atoms with Crippen LogP contribution in [0.25, 0.3) is 0 Å². The quantitative estimate of drug-likeness (QED) is 0.534. The zero-order valence-electron chi connectivity index (χ0n) is 10.8. The van der Waals surface area contributed by atoms with Gasteiger partial charge in [-0.15, -0.1) is 0 Å². The summed E-state index contributed by atoms with van der Waals surface area (Å²) in [4.78, 5) is 0. The molecule has 0 bridgehead atoms. The van der Waals surface area contributed by atoms with Crippen molar-refractivity contribution in [1.29, 1.82) is 0 Å². The molecule has 0 heterocycles. The van der Waals surface area contributed by atoms with Gasteiger partial charge in [0.05, 0.1) is 0 Å². The Balaban J connectivity index is 0. The third kappa shape index (κ3) is 5.80. The summed E-state index contributed by atoms with van der Waals surface area (Å²) in [5, 5.41) is 0. The van der Waals surface area contributed by atoms with Crippen molar-refractivity contribution >= 4 is 0 Å². The normalized spacial score (nSPS) is 12.6. The standard InChI is InChI=1S/C12H20.C2H6/c1-6-9-12(8-3)11(5)10(4)7-2;1-2/h7-8H,2,6,9H2,1,3-5H3;1-2H3/b11-10-,12-8-;. The van der Waals surface area contributed by atoms with Crippen molar-refractivity contribution in [3.05, 3.63) is 35.5 Å². The maximum Gasteiger partial charge on any atom is -0.0282 e. The van der Waals surface area contributed by atoms with Gasteiger partial charge in [-0.25, -0.2) is 0 Å². The van der Waals surface area contributed by atoms with Gasteiger partial charge in [0.25, 0.3) is 0 Å². The Kier molecular flexibility index (Phi) is 11.5. The first-order valence-corrected chi connectivity index (χ1v) is 5.62. The third-order valence-electron chi connectivity index (χ3n) is 2.25. The second kappa shape index (κ2) is 10.3. The second-order valence-corrected chi connectivity index (χ2v) is 3.08. The Bertz CT molecular complexity index is 204. The van der Waals surface area contributed by atoms with Crippen LogP contribution in [0.1, 0.15) is 54.4 Å². The summed E-state index contributed by atoms with van der Waals surface area (Å²) in [5.41, 5.74) is 4.13. The number of rotatable bonds is 4. The van der Waals surface area contributed by atoms with Crippen LogP contribution >= 0.6 is 0 Å². The molecule has 0 N–H and O–H groups in total. The van der Waals surface area contributed by atoms with Gasteiger partial charge in [0, 0.05) is 0 Å². The lowest BCUT2D eigenvalue weighted by Gasteiger charge is -2.08. The topological polar surface area (TPSA) is 0 Å². The minimum atomic E-state index is 1.17. The van der Waals surface area contributed by atoms with E-state index in [1.807, 2.05) is 19.9 Å². The van der Waals surface area contributed by atoms with Crippen LogP contribution in [0.4, 0.5) is 0 Å². The van der Waals surface area contributed by atoms with E-state index < -0.39 is 0 Å². The van der Waals surface area contributed by atoms with Crippen molar-refractivity contribution in [2.75, 3.05) is 0 Å². The molecule has 0 aromatic carbocycles. The van der Waals surface area contributed by atoms with Crippen LogP contribution < -0.4 is 0 Å². The van der Waals surface area contributed by atoms with Crippen LogP contribution in [0.15, 0.2) is 35.5 Å². The fraction of sp³-hybridized carbons (Fsp3) is 0.571. The van der Waals surface area contributed by atoms with Crippen LogP contribution in [0.3, 0.4) is 0 Å². The molecule has 0 radical (unpaired) electrons. The van der Waals surface area contributed by atoms with E-state index in [2.05, 4.69) is 40.3 Å². The smallest absolute Gasteiger partial charge is 0.0282 e. The predicted molar refractivity (Wildman–Crippen MR) is 68.6 cm³/mol. The van der Waals surface area contributed by atoms with Crippen molar-refractivity contribution in [1.82, 2.24) is 0 Å². The Morgan fingerprint density at radius 2 is 1.71 bits per heavy atom. The van der Waals surface area contributed by atoms with Gasteiger partial charge < -0.3 is 0 Å². The van der Waals surface area contributed by atoms with Gasteiger partial charge in [0.15, 0.2) is 0 Å². The summed E-state index contributed by atoms with van der Waals surface area (Å²) >= 11 is 0. The van der Waals surface area contributed by atoms with E-state index in [1.54, 1.807) is 0 Å². The fourth-order valence-corrected chi connectivity index (χ4v) is 1.22. The molecule has 0 atom stereocenters. The Hall–Kier alpha value is -0.780. The summed E-state index contributed by atoms with van der Waals surface area (Å²) < 4.78 is 0. The molecule has 0 spiro atoms. The first kappa shape index (κ1) is 15.7. The van der Waals surface area contributed by atoms with E-state index in [4.69, 9.17) is 0 Å². The molecule has 0 heteroatoms. The molecule has 0 rings (SSSR count). The van der Waals surface area contributed by atoms with E-state index in [-0.39, 0.29) is 0 Å². The van der Waals surface area contributed by atoms with Crippen LogP contribution in [0.2, 0.25) is 0 Å². The average molecular weight is 194 g/mol. The summed E-state index contributed by atoms with van der Waals surface area (Å²) in [5.74, 6) is 0. The van der Waals surface area contributed by atoms with Crippen molar-refractivity contribution in [3.63, 3.8) is 0 Å². The van der Waals surface area contributed by atoms with Crippen LogP contribution in [0.5, 0.6) is 0 Å². The maximum absolute atomic E-state index is 3.77. The highest BCUT2D eigenvalue weighted by Crippen LogP contribution is 2.19. The molecule has 14 heavy (non-hydrogen) atoms. The molecule has 0 aliphatic heterocycles. The molecule has 0 aromatic rings. The Labute approximate surface area is 90.4 Å². The largest absolute Gasteiger partial charge is 0.0988 e. The van der Waals surface area contributed by atoms with Gasteiger partial charge in [-0.2, -0.15) is 0 Å². The van der Waals surface area contributed by atoms with Gasteiger partial charge in [0.2, 0.25) is 0 Å². The molecule has 82 valence electrons. The Morgan fingerprint density at radius 1 is 1.21 bits per heavy atom. The van der Waals surface area contributed by atoms with E-state index in [0.717, 1.165) is 0 Å². The number of hydrogen-bond acceptors (Lipinski definition) is 0. The SMILES string of the molecule is C=C/C(C)=C(C)\C(=C/C)CCC.CC. The van der Waals surface area contributed by atoms with Crippen molar-refractivity contribution in [2.45, 2.75) is 54.4 Å². The zero-order valence-corrected chi connectivity index (χ0v) is 10.8. The molecule has 0 nitrogen and oxygen atoms in total. The molecule has 0 aliphatic rings. The van der Waals surface area contributed by atoms with E-state index >= 15 is 0 Å². The summed E-state index contributed by atoms with van der Waals surface area (Å²) in [6.07, 6.45) is 6.51. The first-order valence-electron chi connectivity index (χ1n) is 5.62. The minimum absolute atomic E-state index is 1.17. The first-order chi connectivity index (χ1) is 6.67. The predicted octanol–water partition coefficient (Wildman–Crippen LogP) is 5.28. The Morgan fingerprint density at radius 3 is 2.00 bits per heavy atom. The molecule has 0 aliphatic carbocycles. The molecule has 0 saturated heterocycles. The van der Waals surface area contributed by atoms with Crippen molar-refractivity contribution < 1.29 is 0 Å². The van der Waals surface area contributed by atoms with Gasteiger partial charge >= 0.3 is 0 Å². The van der Waals surface area contributed by atoms with Crippen LogP contribution in [-0.2, 0) is 0 Å². The van der Waals surface area contributed by atoms with Gasteiger partial charge in [-0.3, -0.25) is 0 Å². The molecular formula is C14H26. The van der Waals surface area contributed by atoms with Gasteiger partial charge in [-0.05, 0) is 43.9 Å². The van der Waals surface area contributed by atoms with Gasteiger partial charge in [0.1, 0.15) is 0 Å². The summed E-state index contributed by atoms with van der Waals surface area (Å²) in [6.45, 7) is 16.4. The molecule has 0 saturated carbocycles. The van der Waals surface area contributed by atoms with Gasteiger partial charge in [-0.1, -0.05) is 45.9 Å². The fourth-order valence-electron chi connectivity index (χ4n) is 1.22. The highest BCUT2D eigenvalue weighted by atomic mass is 14.0.